The van der Waals surface area contributed by atoms with Crippen molar-refractivity contribution in [3.05, 3.63) is 53.9 Å². The summed E-state index contributed by atoms with van der Waals surface area (Å²) in [5, 5.41) is 8.96. The molecule has 138 valence electrons. The van der Waals surface area contributed by atoms with Crippen molar-refractivity contribution in [1.29, 1.82) is 0 Å². The van der Waals surface area contributed by atoms with Gasteiger partial charge in [0.15, 0.2) is 6.61 Å². The number of nitrogens with one attached hydrogen (secondary N) is 1. The van der Waals surface area contributed by atoms with E-state index < -0.39 is 28.5 Å². The second kappa shape index (κ2) is 8.99. The van der Waals surface area contributed by atoms with Crippen LogP contribution in [0.25, 0.3) is 0 Å². The van der Waals surface area contributed by atoms with Crippen molar-refractivity contribution in [2.75, 3.05) is 17.7 Å². The third-order valence-corrected chi connectivity index (χ3v) is 6.40. The minimum atomic E-state index is -3.88. The molecule has 0 aliphatic rings. The molecule has 1 heterocycles. The summed E-state index contributed by atoms with van der Waals surface area (Å²) in [7, 11) is -3.88. The molecule has 0 radical (unpaired) electrons. The predicted octanol–water partition coefficient (Wildman–Crippen LogP) is 2.47. The molecule has 0 aliphatic carbocycles. The van der Waals surface area contributed by atoms with Crippen molar-refractivity contribution in [2.45, 2.75) is 9.10 Å². The van der Waals surface area contributed by atoms with Gasteiger partial charge in [0.2, 0.25) is 10.0 Å². The highest BCUT2D eigenvalue weighted by Crippen LogP contribution is 2.27. The highest BCUT2D eigenvalue weighted by atomic mass is 32.2. The monoisotopic (exact) mass is 412 g/mol. The summed E-state index contributed by atoms with van der Waals surface area (Å²) in [4.78, 5) is 24.8. The summed E-state index contributed by atoms with van der Waals surface area (Å²) in [5.41, 5.74) is 0.626. The molecule has 2 aromatic rings. The Morgan fingerprint density at radius 1 is 1.35 bits per heavy atom. The maximum Gasteiger partial charge on any atom is 0.339 e. The number of nitrogens with two attached hydrogens (primary N) is 1. The first-order valence-corrected chi connectivity index (χ1v) is 10.6. The van der Waals surface area contributed by atoms with Crippen molar-refractivity contribution in [1.82, 2.24) is 0 Å². The summed E-state index contributed by atoms with van der Waals surface area (Å²) in [5.74, 6) is -0.626. The van der Waals surface area contributed by atoms with E-state index in [4.69, 9.17) is 9.88 Å². The van der Waals surface area contributed by atoms with Crippen molar-refractivity contribution >= 4 is 50.7 Å². The van der Waals surface area contributed by atoms with Crippen LogP contribution in [0.4, 0.5) is 5.69 Å². The molecule has 26 heavy (non-hydrogen) atoms. The lowest BCUT2D eigenvalue weighted by Gasteiger charge is -2.10. The summed E-state index contributed by atoms with van der Waals surface area (Å²) < 4.78 is 27.2. The van der Waals surface area contributed by atoms with Gasteiger partial charge in [0.05, 0.1) is 11.3 Å². The highest BCUT2D eigenvalue weighted by molar-refractivity contribution is 7.99. The van der Waals surface area contributed by atoms with Crippen molar-refractivity contribution in [3.63, 3.8) is 0 Å². The number of ether oxygens (including phenoxy) is 1. The number of primary sulfonamides is 1. The van der Waals surface area contributed by atoms with E-state index in [-0.39, 0.29) is 9.77 Å². The molecular weight excluding hydrogens is 396 g/mol. The molecule has 0 aliphatic heterocycles. The lowest BCUT2D eigenvalue weighted by Crippen LogP contribution is -2.21. The van der Waals surface area contributed by atoms with Gasteiger partial charge in [-0.3, -0.25) is 4.79 Å². The summed E-state index contributed by atoms with van der Waals surface area (Å²) >= 11 is 2.31. The second-order valence-corrected chi connectivity index (χ2v) is 8.68. The number of hydrogen-bond donors (Lipinski definition) is 2. The number of esters is 1. The maximum atomic E-state index is 12.0. The summed E-state index contributed by atoms with van der Waals surface area (Å²) in [6.07, 6.45) is 1.75. The normalized spacial score (nSPS) is 11.0. The number of rotatable bonds is 8. The van der Waals surface area contributed by atoms with Crippen LogP contribution in [0.1, 0.15) is 10.4 Å². The van der Waals surface area contributed by atoms with E-state index in [0.717, 1.165) is 22.3 Å². The van der Waals surface area contributed by atoms with E-state index in [9.17, 15) is 18.0 Å². The van der Waals surface area contributed by atoms with Crippen LogP contribution < -0.4 is 10.5 Å². The molecule has 0 fully saturated rings. The Balaban J connectivity index is 1.94. The summed E-state index contributed by atoms with van der Waals surface area (Å²) in [6, 6.07) is 8.33. The average Bonchev–Trinajstić information content (AvgIpc) is 3.09. The average molecular weight is 413 g/mol. The quantitative estimate of drug-likeness (QED) is 0.391. The predicted molar refractivity (Wildman–Crippen MR) is 102 cm³/mol. The number of hydrogen-bond acceptors (Lipinski definition) is 7. The zero-order valence-corrected chi connectivity index (χ0v) is 16.0. The lowest BCUT2D eigenvalue weighted by molar-refractivity contribution is -0.119. The Morgan fingerprint density at radius 2 is 2.08 bits per heavy atom. The zero-order chi connectivity index (χ0) is 19.2. The van der Waals surface area contributed by atoms with Gasteiger partial charge >= 0.3 is 5.97 Å². The Morgan fingerprint density at radius 3 is 2.73 bits per heavy atom. The minimum Gasteiger partial charge on any atom is -0.452 e. The molecule has 0 bridgehead atoms. The fourth-order valence-corrected chi connectivity index (χ4v) is 4.14. The first-order chi connectivity index (χ1) is 12.3. The second-order valence-electron chi connectivity index (χ2n) is 4.92. The molecule has 0 saturated carbocycles. The van der Waals surface area contributed by atoms with Crippen LogP contribution in [-0.2, 0) is 19.6 Å². The van der Waals surface area contributed by atoms with Gasteiger partial charge in [-0.05, 0) is 18.2 Å². The van der Waals surface area contributed by atoms with E-state index >= 15 is 0 Å². The third kappa shape index (κ3) is 5.70. The minimum absolute atomic E-state index is 0.0220. The topological polar surface area (TPSA) is 116 Å². The SMILES string of the molecule is C=CCSc1ccccc1NC(=O)COC(=O)c1csc(S(N)(=O)=O)c1. The smallest absolute Gasteiger partial charge is 0.339 e. The van der Waals surface area contributed by atoms with Gasteiger partial charge in [-0.2, -0.15) is 0 Å². The van der Waals surface area contributed by atoms with E-state index in [1.807, 2.05) is 12.1 Å². The van der Waals surface area contributed by atoms with E-state index in [2.05, 4.69) is 11.9 Å². The molecule has 1 aromatic carbocycles. The standard InChI is InChI=1S/C16H16N2O5S3/c1-2-7-24-13-6-4-3-5-12(13)18-14(19)9-23-16(20)11-8-15(25-10-11)26(17,21)22/h2-6,8,10H,1,7,9H2,(H,18,19)(H2,17,21,22). The number of carbonyl (C=O) groups excluding carboxylic acids is 2. The number of para-hydroxylation sites is 1. The molecule has 1 aromatic heterocycles. The van der Waals surface area contributed by atoms with Crippen molar-refractivity contribution in [3.8, 4) is 0 Å². The van der Waals surface area contributed by atoms with Gasteiger partial charge in [-0.1, -0.05) is 18.2 Å². The zero-order valence-electron chi connectivity index (χ0n) is 13.5. The number of thioether (sulfide) groups is 1. The van der Waals surface area contributed by atoms with Gasteiger partial charge in [-0.25, -0.2) is 18.4 Å². The molecule has 7 nitrogen and oxygen atoms in total. The fraction of sp³-hybridized carbons (Fsp3) is 0.125. The Hall–Kier alpha value is -2.14. The van der Waals surface area contributed by atoms with Crippen molar-refractivity contribution in [2.24, 2.45) is 5.14 Å². The first-order valence-electron chi connectivity index (χ1n) is 7.22. The van der Waals surface area contributed by atoms with Crippen LogP contribution in [0, 0.1) is 0 Å². The van der Waals surface area contributed by atoms with E-state index in [1.54, 1.807) is 18.2 Å². The number of thiophene rings is 1. The van der Waals surface area contributed by atoms with E-state index in [0.29, 0.717) is 11.4 Å². The molecule has 0 saturated heterocycles. The van der Waals surface area contributed by atoms with Crippen LogP contribution in [0.15, 0.2) is 57.5 Å². The molecular formula is C16H16N2O5S3. The molecule has 0 unspecified atom stereocenters. The molecule has 2 rings (SSSR count). The van der Waals surface area contributed by atoms with Gasteiger partial charge < -0.3 is 10.1 Å². The summed E-state index contributed by atoms with van der Waals surface area (Å²) in [6.45, 7) is 3.15. The van der Waals surface area contributed by atoms with Crippen LogP contribution in [0.3, 0.4) is 0 Å². The van der Waals surface area contributed by atoms with E-state index in [1.165, 1.54) is 17.1 Å². The van der Waals surface area contributed by atoms with Gasteiger partial charge in [0.25, 0.3) is 5.91 Å². The van der Waals surface area contributed by atoms with Crippen LogP contribution in [-0.4, -0.2) is 32.7 Å². The molecule has 1 amide bonds. The Labute approximate surface area is 159 Å². The van der Waals surface area contributed by atoms with Crippen LogP contribution in [0.2, 0.25) is 0 Å². The maximum absolute atomic E-state index is 12.0. The highest BCUT2D eigenvalue weighted by Gasteiger charge is 2.17. The first kappa shape index (κ1) is 20.2. The van der Waals surface area contributed by atoms with Crippen molar-refractivity contribution < 1.29 is 22.7 Å². The van der Waals surface area contributed by atoms with Gasteiger partial charge in [-0.15, -0.1) is 29.7 Å². The van der Waals surface area contributed by atoms with Gasteiger partial charge in [0, 0.05) is 16.0 Å². The molecule has 10 heteroatoms. The largest absolute Gasteiger partial charge is 0.452 e. The molecule has 3 N–H and O–H groups in total. The number of benzene rings is 1. The lowest BCUT2D eigenvalue weighted by atomic mass is 10.3. The molecule has 0 atom stereocenters. The van der Waals surface area contributed by atoms with Gasteiger partial charge in [0.1, 0.15) is 4.21 Å². The number of carbonyl (C=O) groups is 2. The number of amides is 1. The molecule has 0 spiro atoms. The van der Waals surface area contributed by atoms with Crippen LogP contribution in [0.5, 0.6) is 0 Å². The Kier molecular flexibility index (Phi) is 6.98. The number of anilines is 1. The third-order valence-electron chi connectivity index (χ3n) is 2.94. The van der Waals surface area contributed by atoms with Crippen LogP contribution >= 0.6 is 23.1 Å². The number of sulfonamides is 1. The fourth-order valence-electron chi connectivity index (χ4n) is 1.82. The Bertz CT molecular complexity index is 921.